The predicted molar refractivity (Wildman–Crippen MR) is 154 cm³/mol. The summed E-state index contributed by atoms with van der Waals surface area (Å²) in [6.07, 6.45) is 2.10. The van der Waals surface area contributed by atoms with E-state index in [0.717, 1.165) is 5.56 Å². The second-order valence-corrected chi connectivity index (χ2v) is 9.95. The Balaban J connectivity index is 1.39. The van der Waals surface area contributed by atoms with E-state index in [9.17, 15) is 18.8 Å². The van der Waals surface area contributed by atoms with Crippen LogP contribution in [0.4, 0.5) is 15.8 Å². The van der Waals surface area contributed by atoms with Crippen molar-refractivity contribution in [3.63, 3.8) is 0 Å². The lowest BCUT2D eigenvalue weighted by molar-refractivity contribution is 0.0763. The SMILES string of the molecule is CN(Cc1ccccc1)C(=O)c1cc(NC(=O)c2ccco2)ccc1N1CCCN(C(=O)c2cccc(F)c2)CC1. The highest BCUT2D eigenvalue weighted by Crippen LogP contribution is 2.28. The summed E-state index contributed by atoms with van der Waals surface area (Å²) in [5, 5.41) is 2.81. The fourth-order valence-electron chi connectivity index (χ4n) is 4.96. The molecule has 0 bridgehead atoms. The van der Waals surface area contributed by atoms with Crippen LogP contribution in [0, 0.1) is 5.82 Å². The lowest BCUT2D eigenvalue weighted by Crippen LogP contribution is -2.36. The van der Waals surface area contributed by atoms with Gasteiger partial charge in [0.2, 0.25) is 0 Å². The number of anilines is 2. The van der Waals surface area contributed by atoms with E-state index in [1.807, 2.05) is 36.4 Å². The van der Waals surface area contributed by atoms with Gasteiger partial charge < -0.3 is 24.4 Å². The summed E-state index contributed by atoms with van der Waals surface area (Å²) in [5.41, 5.74) is 2.92. The van der Waals surface area contributed by atoms with Crippen LogP contribution in [0.15, 0.2) is 95.6 Å². The Morgan fingerprint density at radius 1 is 0.902 bits per heavy atom. The van der Waals surface area contributed by atoms with Gasteiger partial charge in [-0.2, -0.15) is 0 Å². The van der Waals surface area contributed by atoms with Gasteiger partial charge in [-0.15, -0.1) is 0 Å². The summed E-state index contributed by atoms with van der Waals surface area (Å²) < 4.78 is 18.9. The highest BCUT2D eigenvalue weighted by atomic mass is 19.1. The topological polar surface area (TPSA) is 86.1 Å². The second kappa shape index (κ2) is 12.5. The average molecular weight is 555 g/mol. The molecule has 1 aromatic heterocycles. The maximum Gasteiger partial charge on any atom is 0.291 e. The molecule has 0 spiro atoms. The van der Waals surface area contributed by atoms with Gasteiger partial charge in [-0.25, -0.2) is 4.39 Å². The number of amides is 3. The van der Waals surface area contributed by atoms with Crippen molar-refractivity contribution >= 4 is 29.1 Å². The molecule has 8 nitrogen and oxygen atoms in total. The molecular weight excluding hydrogens is 523 g/mol. The molecule has 1 saturated heterocycles. The van der Waals surface area contributed by atoms with Gasteiger partial charge in [-0.1, -0.05) is 36.4 Å². The molecule has 4 aromatic rings. The maximum atomic E-state index is 13.8. The van der Waals surface area contributed by atoms with Crippen LogP contribution in [0.25, 0.3) is 0 Å². The smallest absolute Gasteiger partial charge is 0.291 e. The summed E-state index contributed by atoms with van der Waals surface area (Å²) in [5.74, 6) is -1.12. The van der Waals surface area contributed by atoms with E-state index in [1.165, 1.54) is 24.5 Å². The van der Waals surface area contributed by atoms with E-state index >= 15 is 0 Å². The van der Waals surface area contributed by atoms with E-state index in [-0.39, 0.29) is 17.6 Å². The van der Waals surface area contributed by atoms with Crippen LogP contribution < -0.4 is 10.2 Å². The molecular formula is C32H31FN4O4. The first-order valence-corrected chi connectivity index (χ1v) is 13.5. The number of nitrogens with zero attached hydrogens (tertiary/aromatic N) is 3. The zero-order chi connectivity index (χ0) is 28.8. The van der Waals surface area contributed by atoms with Crippen LogP contribution in [0.1, 0.15) is 43.3 Å². The highest BCUT2D eigenvalue weighted by Gasteiger charge is 2.25. The minimum absolute atomic E-state index is 0.165. The van der Waals surface area contributed by atoms with Crippen molar-refractivity contribution in [2.45, 2.75) is 13.0 Å². The molecule has 210 valence electrons. The molecule has 0 radical (unpaired) electrons. The average Bonchev–Trinajstić information content (AvgIpc) is 3.42. The van der Waals surface area contributed by atoms with E-state index in [0.29, 0.717) is 61.6 Å². The first kappa shape index (κ1) is 27.6. The van der Waals surface area contributed by atoms with Crippen molar-refractivity contribution in [1.29, 1.82) is 0 Å². The van der Waals surface area contributed by atoms with Crippen molar-refractivity contribution in [2.24, 2.45) is 0 Å². The fraction of sp³-hybridized carbons (Fsp3) is 0.219. The first-order chi connectivity index (χ1) is 19.9. The number of rotatable bonds is 7. The molecule has 3 aromatic carbocycles. The van der Waals surface area contributed by atoms with Crippen molar-refractivity contribution in [2.75, 3.05) is 43.4 Å². The number of halogens is 1. The molecule has 5 rings (SSSR count). The lowest BCUT2D eigenvalue weighted by atomic mass is 10.1. The Bertz CT molecular complexity index is 1520. The van der Waals surface area contributed by atoms with Gasteiger partial charge in [0.15, 0.2) is 5.76 Å². The quantitative estimate of drug-likeness (QED) is 0.335. The third-order valence-electron chi connectivity index (χ3n) is 7.03. The van der Waals surface area contributed by atoms with Crippen LogP contribution in [-0.2, 0) is 6.54 Å². The van der Waals surface area contributed by atoms with E-state index in [2.05, 4.69) is 10.2 Å². The fourth-order valence-corrected chi connectivity index (χ4v) is 4.96. The third-order valence-corrected chi connectivity index (χ3v) is 7.03. The number of carbonyl (C=O) groups is 3. The molecule has 41 heavy (non-hydrogen) atoms. The number of benzene rings is 3. The molecule has 1 fully saturated rings. The van der Waals surface area contributed by atoms with Crippen molar-refractivity contribution in [3.05, 3.63) is 119 Å². The lowest BCUT2D eigenvalue weighted by Gasteiger charge is -2.28. The van der Waals surface area contributed by atoms with Crippen molar-refractivity contribution in [3.8, 4) is 0 Å². The van der Waals surface area contributed by atoms with Crippen LogP contribution in [0.5, 0.6) is 0 Å². The predicted octanol–water partition coefficient (Wildman–Crippen LogP) is 5.30. The Hall–Kier alpha value is -4.92. The van der Waals surface area contributed by atoms with Crippen LogP contribution in [0.2, 0.25) is 0 Å². The zero-order valence-corrected chi connectivity index (χ0v) is 22.8. The molecule has 1 aliphatic heterocycles. The van der Waals surface area contributed by atoms with Crippen molar-refractivity contribution < 1.29 is 23.2 Å². The summed E-state index contributed by atoms with van der Waals surface area (Å²) in [6.45, 7) is 2.45. The van der Waals surface area contributed by atoms with E-state index in [1.54, 1.807) is 47.2 Å². The molecule has 0 aliphatic carbocycles. The van der Waals surface area contributed by atoms with Gasteiger partial charge in [0.05, 0.1) is 11.8 Å². The molecule has 1 aliphatic rings. The monoisotopic (exact) mass is 554 g/mol. The van der Waals surface area contributed by atoms with Gasteiger partial charge in [-0.05, 0) is 60.5 Å². The summed E-state index contributed by atoms with van der Waals surface area (Å²) in [6, 6.07) is 23.9. The Morgan fingerprint density at radius 3 is 2.49 bits per heavy atom. The van der Waals surface area contributed by atoms with Crippen LogP contribution in [0.3, 0.4) is 0 Å². The Kier molecular flexibility index (Phi) is 8.43. The first-order valence-electron chi connectivity index (χ1n) is 13.5. The molecule has 3 amide bonds. The van der Waals surface area contributed by atoms with Gasteiger partial charge in [0, 0.05) is 56.7 Å². The summed E-state index contributed by atoms with van der Waals surface area (Å²) >= 11 is 0. The molecule has 1 N–H and O–H groups in total. The maximum absolute atomic E-state index is 13.8. The van der Waals surface area contributed by atoms with Gasteiger partial charge in [0.1, 0.15) is 5.82 Å². The largest absolute Gasteiger partial charge is 0.459 e. The number of furan rings is 1. The Morgan fingerprint density at radius 2 is 1.73 bits per heavy atom. The van der Waals surface area contributed by atoms with Crippen LogP contribution >= 0.6 is 0 Å². The molecule has 0 saturated carbocycles. The summed E-state index contributed by atoms with van der Waals surface area (Å²) in [4.78, 5) is 45.0. The number of carbonyl (C=O) groups excluding carboxylic acids is 3. The van der Waals surface area contributed by atoms with Gasteiger partial charge in [0.25, 0.3) is 17.7 Å². The summed E-state index contributed by atoms with van der Waals surface area (Å²) in [7, 11) is 1.75. The zero-order valence-electron chi connectivity index (χ0n) is 22.8. The van der Waals surface area contributed by atoms with E-state index in [4.69, 9.17) is 4.42 Å². The number of hydrogen-bond acceptors (Lipinski definition) is 5. The van der Waals surface area contributed by atoms with Crippen molar-refractivity contribution in [1.82, 2.24) is 9.80 Å². The number of hydrogen-bond donors (Lipinski definition) is 1. The van der Waals surface area contributed by atoms with E-state index < -0.39 is 11.7 Å². The number of nitrogens with one attached hydrogen (secondary N) is 1. The molecule has 0 unspecified atom stereocenters. The molecule has 9 heteroatoms. The van der Waals surface area contributed by atoms with Gasteiger partial charge in [-0.3, -0.25) is 14.4 Å². The standard InChI is InChI=1S/C32H31FN4O4/c1-35(22-23-8-3-2-4-9-23)32(40)27-21-26(34-30(38)29-12-6-19-41-29)13-14-28(27)36-15-7-16-37(18-17-36)31(39)24-10-5-11-25(33)20-24/h2-6,8-14,19-21H,7,15-18,22H2,1H3,(H,34,38). The molecule has 0 atom stereocenters. The molecule has 2 heterocycles. The van der Waals surface area contributed by atoms with Gasteiger partial charge >= 0.3 is 0 Å². The minimum Gasteiger partial charge on any atom is -0.459 e. The Labute approximate surface area is 238 Å². The second-order valence-electron chi connectivity index (χ2n) is 9.95. The third kappa shape index (κ3) is 6.63. The van der Waals surface area contributed by atoms with Crippen LogP contribution in [-0.4, -0.2) is 60.7 Å². The normalized spacial score (nSPS) is 13.4. The minimum atomic E-state index is -0.450. The highest BCUT2D eigenvalue weighted by molar-refractivity contribution is 6.05.